The van der Waals surface area contributed by atoms with Gasteiger partial charge in [0.15, 0.2) is 0 Å². The van der Waals surface area contributed by atoms with Gasteiger partial charge in [0.1, 0.15) is 5.82 Å². The van der Waals surface area contributed by atoms with Crippen molar-refractivity contribution >= 4 is 5.82 Å². The number of pyridine rings is 1. The average Bonchev–Trinajstić information content (AvgIpc) is 3.20. The Bertz CT molecular complexity index is 424. The van der Waals surface area contributed by atoms with Crippen LogP contribution in [-0.4, -0.2) is 24.1 Å². The predicted molar refractivity (Wildman–Crippen MR) is 81.5 cm³/mol. The van der Waals surface area contributed by atoms with Gasteiger partial charge < -0.3 is 10.2 Å². The zero-order valence-corrected chi connectivity index (χ0v) is 12.2. The van der Waals surface area contributed by atoms with E-state index in [2.05, 4.69) is 42.8 Å². The van der Waals surface area contributed by atoms with Crippen molar-refractivity contribution in [1.82, 2.24) is 10.3 Å². The molecule has 0 unspecified atom stereocenters. The van der Waals surface area contributed by atoms with Crippen molar-refractivity contribution in [2.75, 3.05) is 18.0 Å². The fourth-order valence-corrected chi connectivity index (χ4v) is 2.33. The zero-order valence-electron chi connectivity index (χ0n) is 12.2. The molecule has 2 rings (SSSR count). The number of nitrogens with zero attached hydrogens (tertiary/aromatic N) is 2. The lowest BCUT2D eigenvalue weighted by atomic mass is 10.2. The highest BCUT2D eigenvalue weighted by molar-refractivity contribution is 5.45. The molecule has 0 spiro atoms. The Morgan fingerprint density at radius 2 is 2.26 bits per heavy atom. The van der Waals surface area contributed by atoms with E-state index in [4.69, 9.17) is 4.98 Å². The normalized spacial score (nSPS) is 14.4. The first-order valence-electron chi connectivity index (χ1n) is 7.30. The summed E-state index contributed by atoms with van der Waals surface area (Å²) in [7, 11) is 0. The van der Waals surface area contributed by atoms with Gasteiger partial charge in [-0.3, -0.25) is 0 Å². The second-order valence-corrected chi connectivity index (χ2v) is 5.32. The first-order chi connectivity index (χ1) is 9.24. The second-order valence-electron chi connectivity index (χ2n) is 5.32. The van der Waals surface area contributed by atoms with Gasteiger partial charge in [-0.25, -0.2) is 4.98 Å². The van der Waals surface area contributed by atoms with Crippen molar-refractivity contribution in [2.45, 2.75) is 45.7 Å². The molecule has 3 heteroatoms. The highest BCUT2D eigenvalue weighted by atomic mass is 15.2. The van der Waals surface area contributed by atoms with E-state index in [-0.39, 0.29) is 0 Å². The molecule has 19 heavy (non-hydrogen) atoms. The molecule has 1 heterocycles. The predicted octanol–water partition coefficient (Wildman–Crippen LogP) is 3.04. The number of hydrogen-bond donors (Lipinski definition) is 1. The van der Waals surface area contributed by atoms with Crippen LogP contribution in [0.3, 0.4) is 0 Å². The van der Waals surface area contributed by atoms with Crippen molar-refractivity contribution in [3.05, 3.63) is 36.0 Å². The Labute approximate surface area is 116 Å². The Kier molecular flexibility index (Phi) is 4.97. The van der Waals surface area contributed by atoms with Crippen LogP contribution in [0.4, 0.5) is 5.82 Å². The maximum Gasteiger partial charge on any atom is 0.129 e. The summed E-state index contributed by atoms with van der Waals surface area (Å²) in [5.74, 6) is 1.11. The van der Waals surface area contributed by atoms with Gasteiger partial charge in [0.2, 0.25) is 0 Å². The monoisotopic (exact) mass is 259 g/mol. The van der Waals surface area contributed by atoms with Gasteiger partial charge in [0, 0.05) is 24.8 Å². The number of rotatable bonds is 8. The molecule has 1 aliphatic rings. The second kappa shape index (κ2) is 6.71. The minimum Gasteiger partial charge on any atom is -0.350 e. The van der Waals surface area contributed by atoms with Crippen molar-refractivity contribution in [3.63, 3.8) is 0 Å². The van der Waals surface area contributed by atoms with E-state index in [1.165, 1.54) is 24.8 Å². The van der Waals surface area contributed by atoms with Crippen LogP contribution in [0.25, 0.3) is 0 Å². The van der Waals surface area contributed by atoms with E-state index in [9.17, 15) is 0 Å². The smallest absolute Gasteiger partial charge is 0.129 e. The number of hydrogen-bond acceptors (Lipinski definition) is 3. The Hall–Kier alpha value is -1.35. The third-order valence-electron chi connectivity index (χ3n) is 3.36. The van der Waals surface area contributed by atoms with Crippen LogP contribution in [0.1, 0.15) is 37.4 Å². The van der Waals surface area contributed by atoms with Crippen LogP contribution >= 0.6 is 0 Å². The lowest BCUT2D eigenvalue weighted by Gasteiger charge is -2.23. The molecule has 0 amide bonds. The summed E-state index contributed by atoms with van der Waals surface area (Å²) in [6, 6.07) is 5.06. The summed E-state index contributed by atoms with van der Waals surface area (Å²) in [6.07, 6.45) is 5.71. The number of nitrogens with one attached hydrogen (secondary N) is 1. The third-order valence-corrected chi connectivity index (χ3v) is 3.36. The molecule has 0 aromatic carbocycles. The van der Waals surface area contributed by atoms with Crippen molar-refractivity contribution in [2.24, 2.45) is 0 Å². The summed E-state index contributed by atoms with van der Waals surface area (Å²) >= 11 is 0. The summed E-state index contributed by atoms with van der Waals surface area (Å²) < 4.78 is 0. The third kappa shape index (κ3) is 4.06. The Morgan fingerprint density at radius 1 is 1.47 bits per heavy atom. The topological polar surface area (TPSA) is 28.2 Å². The van der Waals surface area contributed by atoms with E-state index in [1.807, 2.05) is 6.08 Å². The molecule has 104 valence electrons. The lowest BCUT2D eigenvalue weighted by Crippen LogP contribution is -2.27. The number of anilines is 1. The van der Waals surface area contributed by atoms with Crippen LogP contribution in [0.15, 0.2) is 24.8 Å². The molecule has 3 nitrogen and oxygen atoms in total. The number of aryl methyl sites for hydroxylation is 1. The van der Waals surface area contributed by atoms with E-state index < -0.39 is 0 Å². The standard InChI is InChI=1S/C16H25N3/c1-4-8-17-12-14-10-13(3)18-16(11-14)19(9-5-2)15-6-7-15/h5,10-11,15,17H,2,4,6-9,12H2,1,3H3. The van der Waals surface area contributed by atoms with Crippen molar-refractivity contribution < 1.29 is 0 Å². The largest absolute Gasteiger partial charge is 0.350 e. The molecule has 0 aliphatic heterocycles. The number of aromatic nitrogens is 1. The molecule has 1 N–H and O–H groups in total. The van der Waals surface area contributed by atoms with E-state index in [0.717, 1.165) is 31.1 Å². The van der Waals surface area contributed by atoms with Gasteiger partial charge in [0.25, 0.3) is 0 Å². The van der Waals surface area contributed by atoms with Gasteiger partial charge in [-0.05, 0) is 50.4 Å². The molecular formula is C16H25N3. The Morgan fingerprint density at radius 3 is 2.89 bits per heavy atom. The fourth-order valence-electron chi connectivity index (χ4n) is 2.33. The van der Waals surface area contributed by atoms with Gasteiger partial charge in [-0.2, -0.15) is 0 Å². The lowest BCUT2D eigenvalue weighted by molar-refractivity contribution is 0.674. The van der Waals surface area contributed by atoms with Crippen LogP contribution in [0, 0.1) is 6.92 Å². The van der Waals surface area contributed by atoms with Crippen LogP contribution in [0.2, 0.25) is 0 Å². The molecule has 0 atom stereocenters. The van der Waals surface area contributed by atoms with Crippen LogP contribution in [0.5, 0.6) is 0 Å². The first kappa shape index (κ1) is 14.1. The zero-order chi connectivity index (χ0) is 13.7. The molecule has 1 fully saturated rings. The van der Waals surface area contributed by atoms with E-state index in [0.29, 0.717) is 6.04 Å². The minimum absolute atomic E-state index is 0.670. The van der Waals surface area contributed by atoms with Gasteiger partial charge in [-0.15, -0.1) is 6.58 Å². The molecule has 1 aromatic heterocycles. The van der Waals surface area contributed by atoms with Crippen LogP contribution in [-0.2, 0) is 6.54 Å². The van der Waals surface area contributed by atoms with Crippen LogP contribution < -0.4 is 10.2 Å². The molecule has 0 radical (unpaired) electrons. The van der Waals surface area contributed by atoms with Gasteiger partial charge in [0.05, 0.1) is 0 Å². The van der Waals surface area contributed by atoms with Crippen molar-refractivity contribution in [3.8, 4) is 0 Å². The van der Waals surface area contributed by atoms with Gasteiger partial charge in [-0.1, -0.05) is 13.0 Å². The molecule has 1 saturated carbocycles. The maximum atomic E-state index is 4.69. The average molecular weight is 259 g/mol. The quantitative estimate of drug-likeness (QED) is 0.574. The molecule has 1 aromatic rings. The van der Waals surface area contributed by atoms with E-state index in [1.54, 1.807) is 0 Å². The summed E-state index contributed by atoms with van der Waals surface area (Å²) in [5, 5.41) is 3.46. The fraction of sp³-hybridized carbons (Fsp3) is 0.562. The highest BCUT2D eigenvalue weighted by Gasteiger charge is 2.29. The molecule has 0 bridgehead atoms. The molecular weight excluding hydrogens is 234 g/mol. The molecule has 0 saturated heterocycles. The Balaban J connectivity index is 2.12. The highest BCUT2D eigenvalue weighted by Crippen LogP contribution is 2.31. The van der Waals surface area contributed by atoms with E-state index >= 15 is 0 Å². The summed E-state index contributed by atoms with van der Waals surface area (Å²) in [5.41, 5.74) is 2.42. The first-order valence-corrected chi connectivity index (χ1v) is 7.30. The summed E-state index contributed by atoms with van der Waals surface area (Å²) in [6.45, 7) is 11.0. The SMILES string of the molecule is C=CCN(c1cc(CNCCC)cc(C)n1)C1CC1. The minimum atomic E-state index is 0.670. The van der Waals surface area contributed by atoms with Crippen molar-refractivity contribution in [1.29, 1.82) is 0 Å². The summed E-state index contributed by atoms with van der Waals surface area (Å²) in [4.78, 5) is 7.07. The maximum absolute atomic E-state index is 4.69. The van der Waals surface area contributed by atoms with Gasteiger partial charge >= 0.3 is 0 Å². The molecule has 1 aliphatic carbocycles.